The fraction of sp³-hybridized carbons (Fsp3) is 0.154. The van der Waals surface area contributed by atoms with Gasteiger partial charge in [0.1, 0.15) is 5.82 Å². The molecule has 1 aromatic carbocycles. The Bertz CT molecular complexity index is 590. The monoisotopic (exact) mass is 332 g/mol. The van der Waals surface area contributed by atoms with Crippen molar-refractivity contribution in [2.24, 2.45) is 0 Å². The molecule has 1 N–H and O–H groups in total. The molecule has 0 aliphatic rings. The summed E-state index contributed by atoms with van der Waals surface area (Å²) in [5.74, 6) is 1.42. The van der Waals surface area contributed by atoms with E-state index in [0.29, 0.717) is 20.8 Å². The van der Waals surface area contributed by atoms with Gasteiger partial charge in [-0.3, -0.25) is 0 Å². The lowest BCUT2D eigenvalue weighted by molar-refractivity contribution is 1.16. The average Bonchev–Trinajstić information content (AvgIpc) is 2.41. The molecule has 19 heavy (non-hydrogen) atoms. The van der Waals surface area contributed by atoms with Gasteiger partial charge >= 0.3 is 0 Å². The Balaban J connectivity index is 2.16. The van der Waals surface area contributed by atoms with Gasteiger partial charge in [0.25, 0.3) is 0 Å². The summed E-state index contributed by atoms with van der Waals surface area (Å²) in [7, 11) is 1.82. The highest BCUT2D eigenvalue weighted by Crippen LogP contribution is 2.33. The molecule has 0 atom stereocenters. The zero-order valence-electron chi connectivity index (χ0n) is 10.1. The molecule has 0 aliphatic heterocycles. The van der Waals surface area contributed by atoms with Gasteiger partial charge in [-0.2, -0.15) is 0 Å². The summed E-state index contributed by atoms with van der Waals surface area (Å²) in [6.07, 6.45) is 0. The van der Waals surface area contributed by atoms with Crippen LogP contribution in [0.15, 0.2) is 35.2 Å². The standard InChI is InChI=1S/C13H11Cl3N2S/c1-17-13-5-4-9(15)11(18-13)7-19-12-6-8(14)2-3-10(12)16/h2-6H,7H2,1H3,(H,17,18). The summed E-state index contributed by atoms with van der Waals surface area (Å²) in [4.78, 5) is 5.34. The third kappa shape index (κ3) is 3.93. The maximum absolute atomic E-state index is 6.13. The van der Waals surface area contributed by atoms with Crippen molar-refractivity contribution in [3.8, 4) is 0 Å². The Kier molecular flexibility index (Phi) is 5.22. The zero-order valence-corrected chi connectivity index (χ0v) is 13.2. The Hall–Kier alpha value is -0.610. The van der Waals surface area contributed by atoms with E-state index in [0.717, 1.165) is 16.4 Å². The molecular formula is C13H11Cl3N2S. The van der Waals surface area contributed by atoms with Gasteiger partial charge in [0.2, 0.25) is 0 Å². The molecule has 2 nitrogen and oxygen atoms in total. The largest absolute Gasteiger partial charge is 0.373 e. The Morgan fingerprint density at radius 2 is 1.84 bits per heavy atom. The first-order valence-electron chi connectivity index (χ1n) is 5.51. The minimum atomic E-state index is 0.633. The molecule has 0 amide bonds. The summed E-state index contributed by atoms with van der Waals surface area (Å²) in [5.41, 5.74) is 0.814. The molecule has 100 valence electrons. The zero-order chi connectivity index (χ0) is 13.8. The number of hydrogen-bond donors (Lipinski definition) is 1. The lowest BCUT2D eigenvalue weighted by atomic mass is 10.3. The second-order valence-corrected chi connectivity index (χ2v) is 6.01. The highest BCUT2D eigenvalue weighted by atomic mass is 35.5. The summed E-state index contributed by atoms with van der Waals surface area (Å²) in [5, 5.41) is 4.97. The first-order chi connectivity index (χ1) is 9.10. The number of thioether (sulfide) groups is 1. The quantitative estimate of drug-likeness (QED) is 0.761. The van der Waals surface area contributed by atoms with Crippen LogP contribution in [0, 0.1) is 0 Å². The van der Waals surface area contributed by atoms with Crippen molar-refractivity contribution in [2.75, 3.05) is 12.4 Å². The number of pyridine rings is 1. The smallest absolute Gasteiger partial charge is 0.126 e. The maximum atomic E-state index is 6.13. The molecule has 1 heterocycles. The molecular weight excluding hydrogens is 323 g/mol. The molecule has 0 unspecified atom stereocenters. The molecule has 0 saturated carbocycles. The van der Waals surface area contributed by atoms with E-state index in [1.54, 1.807) is 23.9 Å². The molecule has 0 aliphatic carbocycles. The molecule has 1 aromatic heterocycles. The number of aromatic nitrogens is 1. The molecule has 2 aromatic rings. The molecule has 0 bridgehead atoms. The van der Waals surface area contributed by atoms with Gasteiger partial charge in [-0.25, -0.2) is 4.98 Å². The van der Waals surface area contributed by atoms with Gasteiger partial charge in [0.05, 0.1) is 15.7 Å². The van der Waals surface area contributed by atoms with E-state index in [2.05, 4.69) is 10.3 Å². The fourth-order valence-corrected chi connectivity index (χ4v) is 3.16. The van der Waals surface area contributed by atoms with Crippen LogP contribution in [0.4, 0.5) is 5.82 Å². The third-order valence-electron chi connectivity index (χ3n) is 2.43. The summed E-state index contributed by atoms with van der Waals surface area (Å²) >= 11 is 19.8. The van der Waals surface area contributed by atoms with Crippen molar-refractivity contribution in [1.82, 2.24) is 4.98 Å². The second kappa shape index (κ2) is 6.71. The van der Waals surface area contributed by atoms with Crippen LogP contribution in [-0.2, 0) is 5.75 Å². The van der Waals surface area contributed by atoms with Crippen molar-refractivity contribution in [3.05, 3.63) is 51.1 Å². The highest BCUT2D eigenvalue weighted by molar-refractivity contribution is 7.98. The van der Waals surface area contributed by atoms with Crippen LogP contribution in [-0.4, -0.2) is 12.0 Å². The van der Waals surface area contributed by atoms with Crippen LogP contribution in [0.1, 0.15) is 5.69 Å². The van der Waals surface area contributed by atoms with Gasteiger partial charge in [0, 0.05) is 22.7 Å². The summed E-state index contributed by atoms with van der Waals surface area (Å²) < 4.78 is 0. The van der Waals surface area contributed by atoms with Crippen molar-refractivity contribution >= 4 is 52.4 Å². The van der Waals surface area contributed by atoms with Crippen LogP contribution < -0.4 is 5.32 Å². The summed E-state index contributed by atoms with van der Waals surface area (Å²) in [6.45, 7) is 0. The predicted octanol–water partition coefficient (Wildman–Crippen LogP) is 5.38. The number of halogens is 3. The lowest BCUT2D eigenvalue weighted by Gasteiger charge is -2.07. The van der Waals surface area contributed by atoms with E-state index in [1.807, 2.05) is 25.2 Å². The summed E-state index contributed by atoms with van der Waals surface area (Å²) in [6, 6.07) is 9.05. The number of anilines is 1. The average molecular weight is 334 g/mol. The van der Waals surface area contributed by atoms with E-state index in [9.17, 15) is 0 Å². The molecule has 0 saturated heterocycles. The Labute approximate surface area is 131 Å². The minimum Gasteiger partial charge on any atom is -0.373 e. The van der Waals surface area contributed by atoms with Crippen molar-refractivity contribution in [3.63, 3.8) is 0 Å². The highest BCUT2D eigenvalue weighted by Gasteiger charge is 2.07. The van der Waals surface area contributed by atoms with Gasteiger partial charge in [-0.15, -0.1) is 11.8 Å². The number of nitrogens with one attached hydrogen (secondary N) is 1. The molecule has 0 spiro atoms. The van der Waals surface area contributed by atoms with Gasteiger partial charge in [0.15, 0.2) is 0 Å². The molecule has 0 radical (unpaired) electrons. The van der Waals surface area contributed by atoms with Crippen LogP contribution in [0.5, 0.6) is 0 Å². The molecule has 0 fully saturated rings. The second-order valence-electron chi connectivity index (χ2n) is 3.74. The fourth-order valence-electron chi connectivity index (χ4n) is 1.46. The normalized spacial score (nSPS) is 10.5. The van der Waals surface area contributed by atoms with E-state index < -0.39 is 0 Å². The lowest BCUT2D eigenvalue weighted by Crippen LogP contribution is -1.96. The van der Waals surface area contributed by atoms with Crippen molar-refractivity contribution in [1.29, 1.82) is 0 Å². The first kappa shape index (κ1) is 14.8. The maximum Gasteiger partial charge on any atom is 0.126 e. The minimum absolute atomic E-state index is 0.633. The third-order valence-corrected chi connectivity index (χ3v) is 4.52. The number of hydrogen-bond acceptors (Lipinski definition) is 3. The molecule has 6 heteroatoms. The van der Waals surface area contributed by atoms with Gasteiger partial charge in [-0.05, 0) is 30.3 Å². The van der Waals surface area contributed by atoms with Crippen LogP contribution in [0.2, 0.25) is 15.1 Å². The number of benzene rings is 1. The van der Waals surface area contributed by atoms with Gasteiger partial charge < -0.3 is 5.32 Å². The van der Waals surface area contributed by atoms with Gasteiger partial charge in [-0.1, -0.05) is 34.8 Å². The van der Waals surface area contributed by atoms with Crippen LogP contribution >= 0.6 is 46.6 Å². The Morgan fingerprint density at radius 3 is 2.58 bits per heavy atom. The predicted molar refractivity (Wildman–Crippen MR) is 84.8 cm³/mol. The van der Waals surface area contributed by atoms with Crippen LogP contribution in [0.25, 0.3) is 0 Å². The van der Waals surface area contributed by atoms with E-state index in [4.69, 9.17) is 34.8 Å². The molecule has 2 rings (SSSR count). The van der Waals surface area contributed by atoms with Crippen molar-refractivity contribution < 1.29 is 0 Å². The number of rotatable bonds is 4. The Morgan fingerprint density at radius 1 is 1.11 bits per heavy atom. The van der Waals surface area contributed by atoms with E-state index in [-0.39, 0.29) is 0 Å². The van der Waals surface area contributed by atoms with Crippen LogP contribution in [0.3, 0.4) is 0 Å². The SMILES string of the molecule is CNc1ccc(Cl)c(CSc2cc(Cl)ccc2Cl)n1. The first-order valence-corrected chi connectivity index (χ1v) is 7.63. The van der Waals surface area contributed by atoms with Crippen molar-refractivity contribution in [2.45, 2.75) is 10.6 Å². The van der Waals surface area contributed by atoms with E-state index >= 15 is 0 Å². The van der Waals surface area contributed by atoms with E-state index in [1.165, 1.54) is 0 Å². The topological polar surface area (TPSA) is 24.9 Å². The number of nitrogens with zero attached hydrogens (tertiary/aromatic N) is 1.